The van der Waals surface area contributed by atoms with E-state index in [0.717, 1.165) is 11.8 Å². The highest BCUT2D eigenvalue weighted by molar-refractivity contribution is 5.96. The Morgan fingerprint density at radius 2 is 2.12 bits per heavy atom. The smallest absolute Gasteiger partial charge is 0.267 e. The standard InChI is InChI=1S/C13H14N2O2/c1-2-7-14-13(17)11-8-9-5-3-4-6-10(9)12(16)15-11/h3-6,8H,2,7H2,1H3,(H,14,17)(H,15,16). The van der Waals surface area contributed by atoms with Crippen molar-refractivity contribution in [2.45, 2.75) is 13.3 Å². The van der Waals surface area contributed by atoms with Gasteiger partial charge in [-0.1, -0.05) is 25.1 Å². The Bertz CT molecular complexity index is 602. The zero-order valence-corrected chi connectivity index (χ0v) is 9.62. The first-order valence-electron chi connectivity index (χ1n) is 5.62. The molecule has 0 saturated heterocycles. The maximum atomic E-state index is 11.7. The van der Waals surface area contributed by atoms with Crippen LogP contribution in [0.25, 0.3) is 10.8 Å². The molecule has 2 aromatic rings. The van der Waals surface area contributed by atoms with Gasteiger partial charge >= 0.3 is 0 Å². The first-order valence-corrected chi connectivity index (χ1v) is 5.62. The van der Waals surface area contributed by atoms with Gasteiger partial charge in [0.25, 0.3) is 11.5 Å². The molecule has 0 atom stereocenters. The second-order valence-electron chi connectivity index (χ2n) is 3.86. The highest BCUT2D eigenvalue weighted by Gasteiger charge is 2.07. The van der Waals surface area contributed by atoms with Gasteiger partial charge in [0.05, 0.1) is 0 Å². The Kier molecular flexibility index (Phi) is 3.23. The number of rotatable bonds is 3. The van der Waals surface area contributed by atoms with E-state index in [1.807, 2.05) is 19.1 Å². The molecule has 0 bridgehead atoms. The van der Waals surface area contributed by atoms with E-state index in [9.17, 15) is 9.59 Å². The number of aromatic amines is 1. The zero-order chi connectivity index (χ0) is 12.3. The fourth-order valence-corrected chi connectivity index (χ4v) is 1.67. The van der Waals surface area contributed by atoms with Crippen LogP contribution < -0.4 is 10.9 Å². The maximum Gasteiger partial charge on any atom is 0.267 e. The third-order valence-corrected chi connectivity index (χ3v) is 2.53. The molecular formula is C13H14N2O2. The van der Waals surface area contributed by atoms with Crippen molar-refractivity contribution in [2.75, 3.05) is 6.54 Å². The van der Waals surface area contributed by atoms with Gasteiger partial charge in [0.15, 0.2) is 0 Å². The van der Waals surface area contributed by atoms with Gasteiger partial charge in [-0.05, 0) is 23.9 Å². The van der Waals surface area contributed by atoms with Crippen molar-refractivity contribution in [1.29, 1.82) is 0 Å². The van der Waals surface area contributed by atoms with Crippen LogP contribution in [0.1, 0.15) is 23.8 Å². The Morgan fingerprint density at radius 1 is 1.35 bits per heavy atom. The van der Waals surface area contributed by atoms with Gasteiger partial charge in [-0.25, -0.2) is 0 Å². The average Bonchev–Trinajstić information content (AvgIpc) is 2.36. The molecule has 0 radical (unpaired) electrons. The highest BCUT2D eigenvalue weighted by atomic mass is 16.2. The lowest BCUT2D eigenvalue weighted by Gasteiger charge is -2.04. The van der Waals surface area contributed by atoms with E-state index in [0.29, 0.717) is 17.6 Å². The van der Waals surface area contributed by atoms with E-state index >= 15 is 0 Å². The van der Waals surface area contributed by atoms with Crippen molar-refractivity contribution < 1.29 is 4.79 Å². The molecule has 0 spiro atoms. The van der Waals surface area contributed by atoms with Crippen LogP contribution in [-0.2, 0) is 0 Å². The second kappa shape index (κ2) is 4.82. The predicted molar refractivity (Wildman–Crippen MR) is 67.2 cm³/mol. The number of benzene rings is 1. The average molecular weight is 230 g/mol. The van der Waals surface area contributed by atoms with Gasteiger partial charge in [-0.15, -0.1) is 0 Å². The van der Waals surface area contributed by atoms with Gasteiger partial charge in [-0.3, -0.25) is 9.59 Å². The molecule has 1 amide bonds. The number of hydrogen-bond acceptors (Lipinski definition) is 2. The minimum absolute atomic E-state index is 0.232. The van der Waals surface area contributed by atoms with Crippen LogP contribution in [0.5, 0.6) is 0 Å². The van der Waals surface area contributed by atoms with Gasteiger partial charge in [0, 0.05) is 11.9 Å². The minimum Gasteiger partial charge on any atom is -0.351 e. The first-order chi connectivity index (χ1) is 8.22. The molecule has 0 aliphatic heterocycles. The van der Waals surface area contributed by atoms with Crippen molar-refractivity contribution in [3.05, 3.63) is 46.4 Å². The molecule has 0 aliphatic carbocycles. The first kappa shape index (κ1) is 11.4. The molecular weight excluding hydrogens is 216 g/mol. The summed E-state index contributed by atoms with van der Waals surface area (Å²) in [5.41, 5.74) is 0.0758. The Labute approximate surface area is 98.7 Å². The molecule has 17 heavy (non-hydrogen) atoms. The molecule has 0 saturated carbocycles. The van der Waals surface area contributed by atoms with E-state index in [1.165, 1.54) is 0 Å². The number of carbonyl (C=O) groups is 1. The molecule has 1 heterocycles. The molecule has 88 valence electrons. The number of aromatic nitrogens is 1. The van der Waals surface area contributed by atoms with Crippen LogP contribution in [0.4, 0.5) is 0 Å². The Balaban J connectivity index is 2.43. The summed E-state index contributed by atoms with van der Waals surface area (Å²) in [6.45, 7) is 2.58. The topological polar surface area (TPSA) is 62.0 Å². The molecule has 0 unspecified atom stereocenters. The number of carbonyl (C=O) groups excluding carboxylic acids is 1. The molecule has 0 aliphatic rings. The molecule has 4 nitrogen and oxygen atoms in total. The van der Waals surface area contributed by atoms with Gasteiger partial charge < -0.3 is 10.3 Å². The van der Waals surface area contributed by atoms with Crippen LogP contribution in [0.3, 0.4) is 0 Å². The maximum absolute atomic E-state index is 11.7. The summed E-state index contributed by atoms with van der Waals surface area (Å²) in [5, 5.41) is 4.10. The summed E-state index contributed by atoms with van der Waals surface area (Å²) >= 11 is 0. The lowest BCUT2D eigenvalue weighted by Crippen LogP contribution is -2.27. The number of nitrogens with one attached hydrogen (secondary N) is 2. The lowest BCUT2D eigenvalue weighted by molar-refractivity contribution is 0.0948. The highest BCUT2D eigenvalue weighted by Crippen LogP contribution is 2.09. The number of amides is 1. The van der Waals surface area contributed by atoms with E-state index < -0.39 is 0 Å². The lowest BCUT2D eigenvalue weighted by atomic mass is 10.1. The third kappa shape index (κ3) is 2.36. The summed E-state index contributed by atoms with van der Waals surface area (Å²) in [5.74, 6) is -0.241. The van der Waals surface area contributed by atoms with E-state index in [4.69, 9.17) is 0 Å². The Morgan fingerprint density at radius 3 is 2.88 bits per heavy atom. The minimum atomic E-state index is -0.241. The van der Waals surface area contributed by atoms with Crippen molar-refractivity contribution >= 4 is 16.7 Å². The largest absolute Gasteiger partial charge is 0.351 e. The van der Waals surface area contributed by atoms with Crippen LogP contribution in [-0.4, -0.2) is 17.4 Å². The third-order valence-electron chi connectivity index (χ3n) is 2.53. The fraction of sp³-hybridized carbons (Fsp3) is 0.231. The fourth-order valence-electron chi connectivity index (χ4n) is 1.67. The van der Waals surface area contributed by atoms with Crippen LogP contribution in [0, 0.1) is 0 Å². The van der Waals surface area contributed by atoms with Gasteiger partial charge in [0.1, 0.15) is 5.69 Å². The number of hydrogen-bond donors (Lipinski definition) is 2. The SMILES string of the molecule is CCCNC(=O)c1cc2ccccc2c(=O)[nH]1. The van der Waals surface area contributed by atoms with E-state index in [1.54, 1.807) is 18.2 Å². The van der Waals surface area contributed by atoms with Crippen LogP contribution in [0.2, 0.25) is 0 Å². The van der Waals surface area contributed by atoms with Crippen molar-refractivity contribution in [1.82, 2.24) is 10.3 Å². The molecule has 4 heteroatoms. The van der Waals surface area contributed by atoms with Gasteiger partial charge in [0.2, 0.25) is 0 Å². The summed E-state index contributed by atoms with van der Waals surface area (Å²) < 4.78 is 0. The molecule has 1 aromatic heterocycles. The van der Waals surface area contributed by atoms with Crippen LogP contribution >= 0.6 is 0 Å². The molecule has 2 rings (SSSR count). The second-order valence-corrected chi connectivity index (χ2v) is 3.86. The van der Waals surface area contributed by atoms with Crippen molar-refractivity contribution in [3.63, 3.8) is 0 Å². The van der Waals surface area contributed by atoms with Crippen molar-refractivity contribution in [2.24, 2.45) is 0 Å². The zero-order valence-electron chi connectivity index (χ0n) is 9.62. The molecule has 0 fully saturated rings. The predicted octanol–water partition coefficient (Wildman–Crippen LogP) is 1.67. The molecule has 2 N–H and O–H groups in total. The normalized spacial score (nSPS) is 10.4. The summed E-state index contributed by atoms with van der Waals surface area (Å²) in [6, 6.07) is 8.90. The quantitative estimate of drug-likeness (QED) is 0.842. The monoisotopic (exact) mass is 230 g/mol. The summed E-state index contributed by atoms with van der Waals surface area (Å²) in [7, 11) is 0. The summed E-state index contributed by atoms with van der Waals surface area (Å²) in [6.07, 6.45) is 0.865. The van der Waals surface area contributed by atoms with E-state index in [-0.39, 0.29) is 11.5 Å². The van der Waals surface area contributed by atoms with E-state index in [2.05, 4.69) is 10.3 Å². The van der Waals surface area contributed by atoms with Crippen molar-refractivity contribution in [3.8, 4) is 0 Å². The number of fused-ring (bicyclic) bond motifs is 1. The summed E-state index contributed by atoms with van der Waals surface area (Å²) in [4.78, 5) is 26.1. The molecule has 1 aromatic carbocycles. The Hall–Kier alpha value is -2.10. The van der Waals surface area contributed by atoms with Gasteiger partial charge in [-0.2, -0.15) is 0 Å². The number of H-pyrrole nitrogens is 1. The number of pyridine rings is 1. The van der Waals surface area contributed by atoms with Crippen LogP contribution in [0.15, 0.2) is 35.1 Å².